The van der Waals surface area contributed by atoms with E-state index in [1.165, 1.54) is 4.68 Å². The van der Waals surface area contributed by atoms with Gasteiger partial charge >= 0.3 is 0 Å². The summed E-state index contributed by atoms with van der Waals surface area (Å²) in [4.78, 5) is 12.1. The highest BCUT2D eigenvalue weighted by Gasteiger charge is 2.19. The fourth-order valence-electron chi connectivity index (χ4n) is 1.77. The zero-order valence-electron chi connectivity index (χ0n) is 10.8. The average Bonchev–Trinajstić information content (AvgIpc) is 3.09. The van der Waals surface area contributed by atoms with Crippen LogP contribution in [0.25, 0.3) is 5.69 Å². The number of rotatable bonds is 3. The van der Waals surface area contributed by atoms with E-state index in [1.807, 2.05) is 12.1 Å². The van der Waals surface area contributed by atoms with Crippen LogP contribution in [-0.4, -0.2) is 41.5 Å². The highest BCUT2D eigenvalue weighted by atomic mass is 35.5. The van der Waals surface area contributed by atoms with E-state index in [0.29, 0.717) is 16.4 Å². The molecule has 2 N–H and O–H groups in total. The first-order valence-electron chi connectivity index (χ1n) is 5.89. The molecule has 9 nitrogen and oxygen atoms in total. The summed E-state index contributed by atoms with van der Waals surface area (Å²) in [7, 11) is 0. The second-order valence-electron chi connectivity index (χ2n) is 4.08. The molecule has 0 fully saturated rings. The van der Waals surface area contributed by atoms with Crippen LogP contribution in [0.5, 0.6) is 0 Å². The number of benzene rings is 1. The van der Waals surface area contributed by atoms with Gasteiger partial charge in [0.05, 0.1) is 16.4 Å². The first-order valence-corrected chi connectivity index (χ1v) is 6.26. The molecule has 106 valence electrons. The van der Waals surface area contributed by atoms with Crippen LogP contribution < -0.4 is 5.32 Å². The number of H-pyrrole nitrogens is 1. The van der Waals surface area contributed by atoms with Crippen molar-refractivity contribution in [3.05, 3.63) is 40.7 Å². The first kappa shape index (κ1) is 13.2. The van der Waals surface area contributed by atoms with E-state index in [1.54, 1.807) is 19.1 Å². The van der Waals surface area contributed by atoms with E-state index in [-0.39, 0.29) is 11.6 Å². The number of halogens is 1. The molecule has 0 radical (unpaired) electrons. The zero-order chi connectivity index (χ0) is 14.8. The molecule has 0 spiro atoms. The van der Waals surface area contributed by atoms with Crippen LogP contribution in [0.2, 0.25) is 5.02 Å². The second-order valence-corrected chi connectivity index (χ2v) is 4.48. The van der Waals surface area contributed by atoms with Gasteiger partial charge in [-0.15, -0.1) is 10.2 Å². The second kappa shape index (κ2) is 5.29. The highest BCUT2D eigenvalue weighted by molar-refractivity contribution is 6.32. The lowest BCUT2D eigenvalue weighted by atomic mass is 10.3. The van der Waals surface area contributed by atoms with Gasteiger partial charge in [0.15, 0.2) is 5.69 Å². The summed E-state index contributed by atoms with van der Waals surface area (Å²) >= 11 is 6.11. The molecule has 0 saturated carbocycles. The van der Waals surface area contributed by atoms with E-state index in [9.17, 15) is 4.79 Å². The van der Waals surface area contributed by atoms with Gasteiger partial charge in [-0.1, -0.05) is 34.0 Å². The van der Waals surface area contributed by atoms with Gasteiger partial charge in [0, 0.05) is 0 Å². The van der Waals surface area contributed by atoms with Gasteiger partial charge in [-0.25, -0.2) is 4.68 Å². The predicted octanol–water partition coefficient (Wildman–Crippen LogP) is 0.995. The minimum atomic E-state index is -0.479. The molecule has 3 aromatic rings. The Kier molecular flexibility index (Phi) is 3.32. The number of anilines is 1. The molecule has 21 heavy (non-hydrogen) atoms. The van der Waals surface area contributed by atoms with Gasteiger partial charge in [-0.3, -0.25) is 10.1 Å². The summed E-state index contributed by atoms with van der Waals surface area (Å²) in [5.41, 5.74) is 1.34. The Balaban J connectivity index is 1.93. The fraction of sp³-hybridized carbons (Fsp3) is 0.0909. The molecule has 10 heteroatoms. The third-order valence-corrected chi connectivity index (χ3v) is 3.08. The largest absolute Gasteiger partial charge is 0.286 e. The predicted molar refractivity (Wildman–Crippen MR) is 73.2 cm³/mol. The maximum absolute atomic E-state index is 12.1. The first-order chi connectivity index (χ1) is 10.2. The maximum atomic E-state index is 12.1. The van der Waals surface area contributed by atoms with Crippen molar-refractivity contribution in [2.75, 3.05) is 5.32 Å². The lowest BCUT2D eigenvalue weighted by Gasteiger charge is -2.05. The van der Waals surface area contributed by atoms with E-state index in [2.05, 4.69) is 36.3 Å². The molecule has 2 heterocycles. The molecule has 0 atom stereocenters. The van der Waals surface area contributed by atoms with E-state index in [4.69, 9.17) is 11.6 Å². The van der Waals surface area contributed by atoms with Gasteiger partial charge in [0.25, 0.3) is 11.9 Å². The number of nitrogens with one attached hydrogen (secondary N) is 2. The molecule has 0 aliphatic carbocycles. The summed E-state index contributed by atoms with van der Waals surface area (Å²) in [5.74, 6) is -0.418. The molecule has 2 aromatic heterocycles. The SMILES string of the molecule is Cc1c(C(=O)Nc2nn[nH]n2)nnn1-c1ccccc1Cl. The van der Waals surface area contributed by atoms with Crippen LogP contribution in [0.1, 0.15) is 16.2 Å². The zero-order valence-corrected chi connectivity index (χ0v) is 11.5. The molecular formula is C11H9ClN8O. The lowest BCUT2D eigenvalue weighted by Crippen LogP contribution is -2.15. The molecule has 0 unspecified atom stereocenters. The Bertz CT molecular complexity index is 781. The maximum Gasteiger partial charge on any atom is 0.280 e. The van der Waals surface area contributed by atoms with Crippen molar-refractivity contribution in [1.82, 2.24) is 35.6 Å². The number of carbonyl (C=O) groups excluding carboxylic acids is 1. The number of nitrogens with zero attached hydrogens (tertiary/aromatic N) is 6. The summed E-state index contributed by atoms with van der Waals surface area (Å²) in [6, 6.07) is 7.14. The lowest BCUT2D eigenvalue weighted by molar-refractivity contribution is 0.102. The molecule has 3 rings (SSSR count). The third-order valence-electron chi connectivity index (χ3n) is 2.76. The number of carbonyl (C=O) groups is 1. The summed E-state index contributed by atoms with van der Waals surface area (Å²) < 4.78 is 1.49. The van der Waals surface area contributed by atoms with Crippen LogP contribution in [0.4, 0.5) is 5.95 Å². The fourth-order valence-corrected chi connectivity index (χ4v) is 1.98. The number of aromatic nitrogens is 7. The number of aromatic amines is 1. The molecule has 1 aromatic carbocycles. The third kappa shape index (κ3) is 2.46. The molecule has 0 aliphatic rings. The summed E-state index contributed by atoms with van der Waals surface area (Å²) in [6.07, 6.45) is 0. The molecular weight excluding hydrogens is 296 g/mol. The van der Waals surface area contributed by atoms with Crippen molar-refractivity contribution in [3.63, 3.8) is 0 Å². The van der Waals surface area contributed by atoms with Gasteiger partial charge in [0.1, 0.15) is 0 Å². The van der Waals surface area contributed by atoms with Gasteiger partial charge in [-0.2, -0.15) is 5.21 Å². The minimum Gasteiger partial charge on any atom is -0.286 e. The summed E-state index contributed by atoms with van der Waals surface area (Å²) in [6.45, 7) is 1.72. The Morgan fingerprint density at radius 3 is 2.86 bits per heavy atom. The number of hydrogen-bond acceptors (Lipinski definition) is 6. The van der Waals surface area contributed by atoms with Crippen LogP contribution in [0.15, 0.2) is 24.3 Å². The van der Waals surface area contributed by atoms with Crippen LogP contribution >= 0.6 is 11.6 Å². The van der Waals surface area contributed by atoms with Crippen molar-refractivity contribution >= 4 is 23.5 Å². The normalized spacial score (nSPS) is 10.6. The van der Waals surface area contributed by atoms with Crippen molar-refractivity contribution in [1.29, 1.82) is 0 Å². The number of tetrazole rings is 1. The average molecular weight is 305 g/mol. The number of para-hydroxylation sites is 1. The summed E-state index contributed by atoms with van der Waals surface area (Å²) in [5, 5.41) is 23.6. The quantitative estimate of drug-likeness (QED) is 0.746. The van der Waals surface area contributed by atoms with E-state index >= 15 is 0 Å². The van der Waals surface area contributed by atoms with Crippen LogP contribution in [0, 0.1) is 6.92 Å². The Labute approximate surface area is 123 Å². The Hall–Kier alpha value is -2.81. The number of hydrogen-bond donors (Lipinski definition) is 2. The van der Waals surface area contributed by atoms with Gasteiger partial charge in [0.2, 0.25) is 0 Å². The molecule has 0 aliphatic heterocycles. The molecule has 1 amide bonds. The monoisotopic (exact) mass is 304 g/mol. The van der Waals surface area contributed by atoms with Gasteiger partial charge < -0.3 is 0 Å². The standard InChI is InChI=1S/C11H9ClN8O/c1-6-9(10(21)13-11-15-17-18-16-11)14-19-20(6)8-5-3-2-4-7(8)12/h2-5H,1H3,(H2,13,15,16,17,18,21). The molecule has 0 saturated heterocycles. The molecule has 0 bridgehead atoms. The Morgan fingerprint density at radius 1 is 1.33 bits per heavy atom. The van der Waals surface area contributed by atoms with Crippen molar-refractivity contribution in [2.45, 2.75) is 6.92 Å². The van der Waals surface area contributed by atoms with Crippen LogP contribution in [0.3, 0.4) is 0 Å². The minimum absolute atomic E-state index is 0.0618. The Morgan fingerprint density at radius 2 is 2.14 bits per heavy atom. The van der Waals surface area contributed by atoms with Gasteiger partial charge in [-0.05, 0) is 24.3 Å². The highest BCUT2D eigenvalue weighted by Crippen LogP contribution is 2.21. The van der Waals surface area contributed by atoms with E-state index in [0.717, 1.165) is 0 Å². The topological polar surface area (TPSA) is 114 Å². The number of amides is 1. The van der Waals surface area contributed by atoms with Crippen molar-refractivity contribution in [3.8, 4) is 5.69 Å². The van der Waals surface area contributed by atoms with E-state index < -0.39 is 5.91 Å². The van der Waals surface area contributed by atoms with Crippen LogP contribution in [-0.2, 0) is 0 Å². The van der Waals surface area contributed by atoms with Crippen molar-refractivity contribution in [2.24, 2.45) is 0 Å². The smallest absolute Gasteiger partial charge is 0.280 e. The van der Waals surface area contributed by atoms with Crippen molar-refractivity contribution < 1.29 is 4.79 Å².